The monoisotopic (exact) mass is 272 g/mol. The van der Waals surface area contributed by atoms with E-state index in [1.165, 1.54) is 31.0 Å². The maximum Gasteiger partial charge on any atom is 0.328 e. The van der Waals surface area contributed by atoms with Crippen LogP contribution in [0.3, 0.4) is 0 Å². The average Bonchev–Trinajstić information content (AvgIpc) is 2.74. The summed E-state index contributed by atoms with van der Waals surface area (Å²) in [4.78, 5) is 24.8. The molecule has 2 rings (SSSR count). The van der Waals surface area contributed by atoms with Gasteiger partial charge in [0, 0.05) is 26.5 Å². The topological polar surface area (TPSA) is 103 Å². The van der Waals surface area contributed by atoms with Crippen LogP contribution in [0.15, 0.2) is 21.9 Å². The van der Waals surface area contributed by atoms with Crippen LogP contribution in [0.4, 0.5) is 0 Å². The van der Waals surface area contributed by atoms with Crippen LogP contribution in [0.2, 0.25) is 0 Å². The molecular formula is C11H16N2O6. The first-order valence-electron chi connectivity index (χ1n) is 5.75. The van der Waals surface area contributed by atoms with Gasteiger partial charge in [0.1, 0.15) is 12.2 Å². The molecule has 2 heterocycles. The largest absolute Gasteiger partial charge is 0.388 e. The molecule has 8 nitrogen and oxygen atoms in total. The molecule has 0 aromatic carbocycles. The normalized spacial score (nSPS) is 27.1. The van der Waals surface area contributed by atoms with Crippen molar-refractivity contribution >= 4 is 0 Å². The summed E-state index contributed by atoms with van der Waals surface area (Å²) >= 11 is 0. The second-order valence-corrected chi connectivity index (χ2v) is 4.21. The summed E-state index contributed by atoms with van der Waals surface area (Å²) in [7, 11) is 2.87. The summed E-state index contributed by atoms with van der Waals surface area (Å²) in [5.74, 6) is 0. The quantitative estimate of drug-likeness (QED) is 0.644. The number of aromatic nitrogens is 2. The number of nitrogens with zero attached hydrogens (tertiary/aromatic N) is 1. The fourth-order valence-corrected chi connectivity index (χ4v) is 2.16. The van der Waals surface area contributed by atoms with E-state index in [0.717, 1.165) is 0 Å². The molecule has 19 heavy (non-hydrogen) atoms. The smallest absolute Gasteiger partial charge is 0.328 e. The van der Waals surface area contributed by atoms with Gasteiger partial charge < -0.3 is 19.3 Å². The minimum absolute atomic E-state index is 0.126. The Hall–Kier alpha value is -1.48. The van der Waals surface area contributed by atoms with Crippen molar-refractivity contribution in [2.24, 2.45) is 0 Å². The van der Waals surface area contributed by atoms with Crippen LogP contribution in [-0.4, -0.2) is 54.0 Å². The lowest BCUT2D eigenvalue weighted by Crippen LogP contribution is -2.42. The van der Waals surface area contributed by atoms with E-state index in [-0.39, 0.29) is 6.61 Å². The molecule has 106 valence electrons. The average molecular weight is 272 g/mol. The summed E-state index contributed by atoms with van der Waals surface area (Å²) in [5.41, 5.74) is -1.08. The SMILES string of the molecule is COC(OC)C1OCC(n2ccc(=O)[nH]c2=O)[C@@H]1O. The molecule has 0 saturated carbocycles. The number of nitrogens with one attached hydrogen (secondary N) is 1. The van der Waals surface area contributed by atoms with Crippen molar-refractivity contribution in [3.05, 3.63) is 33.1 Å². The molecule has 0 spiro atoms. The minimum Gasteiger partial charge on any atom is -0.388 e. The fourth-order valence-electron chi connectivity index (χ4n) is 2.16. The second-order valence-electron chi connectivity index (χ2n) is 4.21. The van der Waals surface area contributed by atoms with E-state index in [1.807, 2.05) is 0 Å². The molecule has 0 aliphatic carbocycles. The van der Waals surface area contributed by atoms with Gasteiger partial charge in [-0.1, -0.05) is 0 Å². The first kappa shape index (κ1) is 13.9. The van der Waals surface area contributed by atoms with Crippen LogP contribution in [-0.2, 0) is 14.2 Å². The molecule has 2 unspecified atom stereocenters. The van der Waals surface area contributed by atoms with E-state index >= 15 is 0 Å². The third kappa shape index (κ3) is 2.61. The molecule has 0 radical (unpaired) electrons. The van der Waals surface area contributed by atoms with E-state index in [1.54, 1.807) is 0 Å². The summed E-state index contributed by atoms with van der Waals surface area (Å²) in [6.45, 7) is 0.126. The first-order valence-corrected chi connectivity index (χ1v) is 5.75. The zero-order valence-electron chi connectivity index (χ0n) is 10.6. The summed E-state index contributed by atoms with van der Waals surface area (Å²) in [6.07, 6.45) is -1.07. The molecule has 8 heteroatoms. The van der Waals surface area contributed by atoms with Crippen molar-refractivity contribution in [2.45, 2.75) is 24.5 Å². The first-order chi connectivity index (χ1) is 9.08. The van der Waals surface area contributed by atoms with Crippen molar-refractivity contribution in [1.82, 2.24) is 9.55 Å². The van der Waals surface area contributed by atoms with Gasteiger partial charge in [0.15, 0.2) is 6.29 Å². The number of H-pyrrole nitrogens is 1. The van der Waals surface area contributed by atoms with Gasteiger partial charge in [0.2, 0.25) is 0 Å². The highest BCUT2D eigenvalue weighted by atomic mass is 16.7. The van der Waals surface area contributed by atoms with E-state index in [4.69, 9.17) is 14.2 Å². The highest BCUT2D eigenvalue weighted by molar-refractivity contribution is 4.94. The van der Waals surface area contributed by atoms with Crippen molar-refractivity contribution in [3.63, 3.8) is 0 Å². The van der Waals surface area contributed by atoms with E-state index in [9.17, 15) is 14.7 Å². The number of aliphatic hydroxyl groups excluding tert-OH is 1. The lowest BCUT2D eigenvalue weighted by molar-refractivity contribution is -0.185. The number of methoxy groups -OCH3 is 2. The second kappa shape index (κ2) is 5.66. The molecule has 1 saturated heterocycles. The number of hydrogen-bond donors (Lipinski definition) is 2. The predicted octanol–water partition coefficient (Wildman–Crippen LogP) is -1.54. The van der Waals surface area contributed by atoms with Gasteiger partial charge in [-0.15, -0.1) is 0 Å². The minimum atomic E-state index is -0.978. The standard InChI is InChI=1S/C11H16N2O6/c1-17-10(18-2)9-8(15)6(5-19-9)13-4-3-7(14)12-11(13)16/h3-4,6,8-10,15H,5H2,1-2H3,(H,12,14,16)/t6?,8-,9?/m0/s1. The summed E-state index contributed by atoms with van der Waals surface area (Å²) < 4.78 is 16.7. The number of ether oxygens (including phenoxy) is 3. The lowest BCUT2D eigenvalue weighted by Gasteiger charge is -2.24. The third-order valence-electron chi connectivity index (χ3n) is 3.13. The van der Waals surface area contributed by atoms with Gasteiger partial charge >= 0.3 is 5.69 Å². The lowest BCUT2D eigenvalue weighted by atomic mass is 10.1. The van der Waals surface area contributed by atoms with E-state index in [2.05, 4.69) is 4.98 Å². The summed E-state index contributed by atoms with van der Waals surface area (Å²) in [6, 6.07) is 0.619. The molecule has 0 bridgehead atoms. The van der Waals surface area contributed by atoms with Gasteiger partial charge in [-0.3, -0.25) is 14.3 Å². The highest BCUT2D eigenvalue weighted by Crippen LogP contribution is 2.26. The molecule has 1 aliphatic rings. The Balaban J connectivity index is 2.24. The number of hydrogen-bond acceptors (Lipinski definition) is 6. The predicted molar refractivity (Wildman–Crippen MR) is 63.9 cm³/mol. The molecule has 1 aliphatic heterocycles. The Morgan fingerprint density at radius 2 is 2.16 bits per heavy atom. The van der Waals surface area contributed by atoms with Crippen LogP contribution < -0.4 is 11.2 Å². The molecule has 1 aromatic rings. The Labute approximate surface area is 108 Å². The number of aliphatic hydroxyl groups is 1. The molecule has 3 atom stereocenters. The number of rotatable bonds is 4. The van der Waals surface area contributed by atoms with Crippen LogP contribution in [0.25, 0.3) is 0 Å². The van der Waals surface area contributed by atoms with E-state index < -0.39 is 35.8 Å². The zero-order valence-corrected chi connectivity index (χ0v) is 10.6. The van der Waals surface area contributed by atoms with Crippen LogP contribution >= 0.6 is 0 Å². The van der Waals surface area contributed by atoms with E-state index in [0.29, 0.717) is 0 Å². The molecule has 1 aromatic heterocycles. The number of aromatic amines is 1. The summed E-state index contributed by atoms with van der Waals surface area (Å²) in [5, 5.41) is 10.2. The Bertz CT molecular complexity index is 534. The van der Waals surface area contributed by atoms with Crippen LogP contribution in [0.5, 0.6) is 0 Å². The molecule has 0 amide bonds. The van der Waals surface area contributed by atoms with Gasteiger partial charge in [-0.05, 0) is 0 Å². The Morgan fingerprint density at radius 1 is 1.47 bits per heavy atom. The maximum absolute atomic E-state index is 11.7. The van der Waals surface area contributed by atoms with Crippen molar-refractivity contribution < 1.29 is 19.3 Å². The Morgan fingerprint density at radius 3 is 2.74 bits per heavy atom. The van der Waals surface area contributed by atoms with Gasteiger partial charge in [-0.2, -0.15) is 0 Å². The maximum atomic E-state index is 11.7. The van der Waals surface area contributed by atoms with Crippen molar-refractivity contribution in [2.75, 3.05) is 20.8 Å². The molecule has 1 fully saturated rings. The van der Waals surface area contributed by atoms with Gasteiger partial charge in [0.25, 0.3) is 5.56 Å². The van der Waals surface area contributed by atoms with Gasteiger partial charge in [0.05, 0.1) is 12.6 Å². The highest BCUT2D eigenvalue weighted by Gasteiger charge is 2.42. The molecular weight excluding hydrogens is 256 g/mol. The zero-order chi connectivity index (χ0) is 14.0. The van der Waals surface area contributed by atoms with Crippen molar-refractivity contribution in [3.8, 4) is 0 Å². The van der Waals surface area contributed by atoms with Gasteiger partial charge in [-0.25, -0.2) is 4.79 Å². The van der Waals surface area contributed by atoms with Crippen molar-refractivity contribution in [1.29, 1.82) is 0 Å². The fraction of sp³-hybridized carbons (Fsp3) is 0.636. The van der Waals surface area contributed by atoms with Crippen LogP contribution in [0.1, 0.15) is 6.04 Å². The van der Waals surface area contributed by atoms with Crippen LogP contribution in [0, 0.1) is 0 Å². The molecule has 2 N–H and O–H groups in total. The Kier molecular flexibility index (Phi) is 4.15. The third-order valence-corrected chi connectivity index (χ3v) is 3.13.